The minimum atomic E-state index is -0.412. The van der Waals surface area contributed by atoms with Crippen molar-refractivity contribution in [1.29, 1.82) is 0 Å². The van der Waals surface area contributed by atoms with Gasteiger partial charge < -0.3 is 18.9 Å². The van der Waals surface area contributed by atoms with Gasteiger partial charge in [-0.05, 0) is 68.5 Å². The predicted molar refractivity (Wildman–Crippen MR) is 157 cm³/mol. The summed E-state index contributed by atoms with van der Waals surface area (Å²) in [5.74, 6) is 2.41. The van der Waals surface area contributed by atoms with Gasteiger partial charge in [0.05, 0.1) is 18.5 Å². The molecular weight excluding hydrogens is 486 g/mol. The quantitative estimate of drug-likeness (QED) is 0.273. The molecule has 0 aliphatic heterocycles. The summed E-state index contributed by atoms with van der Waals surface area (Å²) < 4.78 is 14.1. The van der Waals surface area contributed by atoms with Gasteiger partial charge in [-0.1, -0.05) is 56.3 Å². The monoisotopic (exact) mass is 529 g/mol. The Morgan fingerprint density at radius 2 is 1.92 bits per heavy atom. The van der Waals surface area contributed by atoms with Crippen LogP contribution in [0.15, 0.2) is 54.6 Å². The number of methoxy groups -OCH3 is 1. The molecule has 6 nitrogen and oxygen atoms in total. The lowest BCUT2D eigenvalue weighted by Gasteiger charge is -2.50. The largest absolute Gasteiger partial charge is 0.494 e. The van der Waals surface area contributed by atoms with Crippen LogP contribution >= 0.6 is 0 Å². The number of fused-ring (bicyclic) bond motifs is 3. The van der Waals surface area contributed by atoms with Crippen LogP contribution in [-0.4, -0.2) is 53.3 Å². The average Bonchev–Trinajstić information content (AvgIpc) is 3.28. The van der Waals surface area contributed by atoms with Crippen LogP contribution in [0.2, 0.25) is 0 Å². The highest BCUT2D eigenvalue weighted by molar-refractivity contribution is 5.82. The lowest BCUT2D eigenvalue weighted by atomic mass is 9.60. The standard InChI is InChI=1S/C33H43N3O3/c1-23(2)32(37)39-33(22-25-16-17-26(33)21-27(25)24-11-7-6-8-12-24)18-20-35(3)19-10-15-30-34-31-28(36(30)4)13-9-14-29(31)38-5/h6-9,11-14,21,23,25-26H,10,15-20,22H2,1-5H3. The number of benzene rings is 2. The zero-order valence-corrected chi connectivity index (χ0v) is 24.2. The molecule has 0 N–H and O–H groups in total. The number of esters is 1. The Labute approximate surface area is 233 Å². The maximum Gasteiger partial charge on any atom is 0.308 e. The van der Waals surface area contributed by atoms with E-state index >= 15 is 0 Å². The van der Waals surface area contributed by atoms with Crippen LogP contribution in [0, 0.1) is 17.8 Å². The second-order valence-electron chi connectivity index (χ2n) is 11.8. The van der Waals surface area contributed by atoms with E-state index in [2.05, 4.69) is 66.0 Å². The van der Waals surface area contributed by atoms with Gasteiger partial charge in [0.15, 0.2) is 0 Å². The molecule has 39 heavy (non-hydrogen) atoms. The molecule has 0 spiro atoms. The van der Waals surface area contributed by atoms with E-state index in [1.165, 1.54) is 17.6 Å². The number of hydrogen-bond acceptors (Lipinski definition) is 5. The number of imidazole rings is 1. The van der Waals surface area contributed by atoms with Crippen molar-refractivity contribution in [2.24, 2.45) is 24.8 Å². The van der Waals surface area contributed by atoms with Gasteiger partial charge in [-0.2, -0.15) is 0 Å². The third-order valence-electron chi connectivity index (χ3n) is 8.84. The Hall–Kier alpha value is -3.12. The Morgan fingerprint density at radius 3 is 2.62 bits per heavy atom. The van der Waals surface area contributed by atoms with Gasteiger partial charge in [0, 0.05) is 32.4 Å². The van der Waals surface area contributed by atoms with Crippen LogP contribution in [-0.2, 0) is 23.0 Å². The first-order valence-electron chi connectivity index (χ1n) is 14.5. The number of aromatic nitrogens is 2. The van der Waals surface area contributed by atoms with Gasteiger partial charge in [0.25, 0.3) is 0 Å². The highest BCUT2D eigenvalue weighted by Crippen LogP contribution is 2.53. The summed E-state index contributed by atoms with van der Waals surface area (Å²) in [6.45, 7) is 5.74. The van der Waals surface area contributed by atoms with Crippen molar-refractivity contribution < 1.29 is 14.3 Å². The van der Waals surface area contributed by atoms with Crippen LogP contribution in [0.3, 0.4) is 0 Å². The van der Waals surface area contributed by atoms with E-state index in [9.17, 15) is 4.79 Å². The number of nitrogens with zero attached hydrogens (tertiary/aromatic N) is 3. The van der Waals surface area contributed by atoms with Gasteiger partial charge >= 0.3 is 5.97 Å². The summed E-state index contributed by atoms with van der Waals surface area (Å²) in [4.78, 5) is 20.2. The number of hydrogen-bond donors (Lipinski definition) is 0. The highest BCUT2D eigenvalue weighted by atomic mass is 16.6. The summed E-state index contributed by atoms with van der Waals surface area (Å²) in [5.41, 5.74) is 4.37. The van der Waals surface area contributed by atoms with Crippen molar-refractivity contribution in [3.63, 3.8) is 0 Å². The van der Waals surface area contributed by atoms with Crippen molar-refractivity contribution in [2.45, 2.75) is 58.0 Å². The molecule has 2 bridgehead atoms. The molecule has 2 aromatic carbocycles. The van der Waals surface area contributed by atoms with Gasteiger partial charge in [-0.15, -0.1) is 0 Å². The third-order valence-corrected chi connectivity index (χ3v) is 8.84. The van der Waals surface area contributed by atoms with Crippen molar-refractivity contribution in [2.75, 3.05) is 27.2 Å². The second-order valence-corrected chi connectivity index (χ2v) is 11.8. The zero-order valence-electron chi connectivity index (χ0n) is 24.2. The summed E-state index contributed by atoms with van der Waals surface area (Å²) in [7, 11) is 5.96. The number of carbonyl (C=O) groups excluding carboxylic acids is 1. The van der Waals surface area contributed by atoms with Crippen molar-refractivity contribution >= 4 is 22.6 Å². The Kier molecular flexibility index (Phi) is 8.13. The number of allylic oxidation sites excluding steroid dienone is 1. The van der Waals surface area contributed by atoms with Crippen LogP contribution in [0.1, 0.15) is 57.3 Å². The van der Waals surface area contributed by atoms with Crippen molar-refractivity contribution in [3.05, 3.63) is 66.0 Å². The zero-order chi connectivity index (χ0) is 27.6. The molecular formula is C33H43N3O3. The fraction of sp³-hybridized carbons (Fsp3) is 0.515. The summed E-state index contributed by atoms with van der Waals surface area (Å²) >= 11 is 0. The molecule has 208 valence electrons. The third kappa shape index (κ3) is 5.62. The lowest BCUT2D eigenvalue weighted by molar-refractivity contribution is -0.176. The van der Waals surface area contributed by atoms with Gasteiger partial charge in [0.1, 0.15) is 22.7 Å². The van der Waals surface area contributed by atoms with E-state index in [0.717, 1.165) is 67.8 Å². The lowest BCUT2D eigenvalue weighted by Crippen LogP contribution is -2.51. The average molecular weight is 530 g/mol. The fourth-order valence-corrected chi connectivity index (χ4v) is 6.53. The van der Waals surface area contributed by atoms with Crippen LogP contribution in [0.5, 0.6) is 5.75 Å². The first-order valence-corrected chi connectivity index (χ1v) is 14.5. The molecule has 1 heterocycles. The maximum atomic E-state index is 12.9. The number of ether oxygens (including phenoxy) is 2. The minimum absolute atomic E-state index is 0.0721. The molecule has 3 atom stereocenters. The number of aryl methyl sites for hydroxylation is 2. The molecule has 1 aromatic heterocycles. The van der Waals surface area contributed by atoms with Crippen LogP contribution < -0.4 is 4.74 Å². The smallest absolute Gasteiger partial charge is 0.308 e. The Bertz CT molecular complexity index is 1330. The minimum Gasteiger partial charge on any atom is -0.494 e. The molecule has 3 aromatic rings. The molecule has 3 aliphatic rings. The molecule has 1 saturated carbocycles. The van der Waals surface area contributed by atoms with E-state index in [1.54, 1.807) is 7.11 Å². The molecule has 3 aliphatic carbocycles. The van der Waals surface area contributed by atoms with E-state index < -0.39 is 5.60 Å². The van der Waals surface area contributed by atoms with Gasteiger partial charge in [-0.25, -0.2) is 4.98 Å². The molecule has 0 saturated heterocycles. The molecule has 0 radical (unpaired) electrons. The number of rotatable bonds is 11. The van der Waals surface area contributed by atoms with E-state index in [0.29, 0.717) is 5.92 Å². The second kappa shape index (κ2) is 11.5. The van der Waals surface area contributed by atoms with Crippen LogP contribution in [0.25, 0.3) is 16.6 Å². The first-order chi connectivity index (χ1) is 18.8. The van der Waals surface area contributed by atoms with Crippen molar-refractivity contribution in [3.8, 4) is 5.75 Å². The van der Waals surface area contributed by atoms with Crippen molar-refractivity contribution in [1.82, 2.24) is 14.5 Å². The number of carbonyl (C=O) groups is 1. The van der Waals surface area contributed by atoms with Gasteiger partial charge in [-0.3, -0.25) is 4.79 Å². The first kappa shape index (κ1) is 27.4. The molecule has 0 amide bonds. The molecule has 3 unspecified atom stereocenters. The SMILES string of the molecule is COc1cccc2c1nc(CCCN(C)CCC1(OC(=O)C(C)C)CC3CCC1C=C3c1ccccc1)n2C. The van der Waals surface area contributed by atoms with Crippen LogP contribution in [0.4, 0.5) is 0 Å². The van der Waals surface area contributed by atoms with E-state index in [-0.39, 0.29) is 17.8 Å². The summed E-state index contributed by atoms with van der Waals surface area (Å²) in [6, 6.07) is 16.8. The van der Waals surface area contributed by atoms with Gasteiger partial charge in [0.2, 0.25) is 0 Å². The summed E-state index contributed by atoms with van der Waals surface area (Å²) in [5, 5.41) is 0. The Balaban J connectivity index is 1.24. The maximum absolute atomic E-state index is 12.9. The summed E-state index contributed by atoms with van der Waals surface area (Å²) in [6.07, 6.45) is 8.40. The highest BCUT2D eigenvalue weighted by Gasteiger charge is 2.50. The molecule has 1 fully saturated rings. The van der Waals surface area contributed by atoms with E-state index in [1.807, 2.05) is 26.0 Å². The fourth-order valence-electron chi connectivity index (χ4n) is 6.53. The normalized spacial score (nSPS) is 22.5. The van der Waals surface area contributed by atoms with E-state index in [4.69, 9.17) is 14.5 Å². The molecule has 6 heteroatoms. The molecule has 6 rings (SSSR count). The Morgan fingerprint density at radius 1 is 1.13 bits per heavy atom. The number of para-hydroxylation sites is 1. The topological polar surface area (TPSA) is 56.6 Å². The predicted octanol–water partition coefficient (Wildman–Crippen LogP) is 6.29.